The Morgan fingerprint density at radius 3 is 2.80 bits per heavy atom. The van der Waals surface area contributed by atoms with E-state index in [1.165, 1.54) is 0 Å². The molecule has 0 spiro atoms. The summed E-state index contributed by atoms with van der Waals surface area (Å²) in [6.07, 6.45) is 2.16. The molecular formula is C10H18N2O3. The predicted octanol–water partition coefficient (Wildman–Crippen LogP) is 0.0485. The molecule has 1 aliphatic rings. The Labute approximate surface area is 89.2 Å². The van der Waals surface area contributed by atoms with Crippen molar-refractivity contribution in [3.8, 4) is 0 Å². The van der Waals surface area contributed by atoms with E-state index < -0.39 is 5.97 Å². The first-order chi connectivity index (χ1) is 7.13. The van der Waals surface area contributed by atoms with E-state index in [1.54, 1.807) is 4.90 Å². The smallest absolute Gasteiger partial charge is 0.303 e. The largest absolute Gasteiger partial charge is 0.481 e. The van der Waals surface area contributed by atoms with Crippen molar-refractivity contribution in [2.24, 2.45) is 11.7 Å². The lowest BCUT2D eigenvalue weighted by Crippen LogP contribution is -2.29. The van der Waals surface area contributed by atoms with Crippen LogP contribution in [0.2, 0.25) is 0 Å². The quantitative estimate of drug-likeness (QED) is 0.677. The van der Waals surface area contributed by atoms with Crippen molar-refractivity contribution in [2.75, 3.05) is 19.6 Å². The highest BCUT2D eigenvalue weighted by molar-refractivity contribution is 5.76. The molecule has 0 aromatic rings. The highest BCUT2D eigenvalue weighted by atomic mass is 16.4. The third-order valence-electron chi connectivity index (χ3n) is 2.70. The lowest BCUT2D eigenvalue weighted by atomic mass is 10.1. The van der Waals surface area contributed by atoms with Gasteiger partial charge >= 0.3 is 5.97 Å². The molecule has 1 unspecified atom stereocenters. The predicted molar refractivity (Wildman–Crippen MR) is 55.2 cm³/mol. The molecule has 15 heavy (non-hydrogen) atoms. The second-order valence-electron chi connectivity index (χ2n) is 3.98. The minimum Gasteiger partial charge on any atom is -0.481 e. The van der Waals surface area contributed by atoms with Gasteiger partial charge in [0.1, 0.15) is 0 Å². The molecule has 1 aliphatic heterocycles. The van der Waals surface area contributed by atoms with Crippen molar-refractivity contribution in [3.05, 3.63) is 0 Å². The van der Waals surface area contributed by atoms with Crippen molar-refractivity contribution in [2.45, 2.75) is 25.7 Å². The maximum absolute atomic E-state index is 11.6. The summed E-state index contributed by atoms with van der Waals surface area (Å²) < 4.78 is 0. The van der Waals surface area contributed by atoms with Crippen LogP contribution in [0.4, 0.5) is 0 Å². The van der Waals surface area contributed by atoms with Crippen molar-refractivity contribution < 1.29 is 14.7 Å². The van der Waals surface area contributed by atoms with Gasteiger partial charge in [-0.1, -0.05) is 0 Å². The van der Waals surface area contributed by atoms with E-state index in [0.717, 1.165) is 6.42 Å². The summed E-state index contributed by atoms with van der Waals surface area (Å²) in [6.45, 7) is 1.81. The zero-order valence-corrected chi connectivity index (χ0v) is 8.82. The third-order valence-corrected chi connectivity index (χ3v) is 2.70. The molecule has 3 N–H and O–H groups in total. The molecule has 0 aromatic carbocycles. The zero-order valence-electron chi connectivity index (χ0n) is 8.82. The van der Waals surface area contributed by atoms with Crippen LogP contribution in [0.1, 0.15) is 25.7 Å². The van der Waals surface area contributed by atoms with Gasteiger partial charge in [0.05, 0.1) is 0 Å². The van der Waals surface area contributed by atoms with Gasteiger partial charge in [0, 0.05) is 25.9 Å². The molecule has 1 atom stereocenters. The number of carbonyl (C=O) groups is 2. The summed E-state index contributed by atoms with van der Waals surface area (Å²) >= 11 is 0. The average Bonchev–Trinajstić information content (AvgIpc) is 2.61. The Bertz CT molecular complexity index is 243. The highest BCUT2D eigenvalue weighted by Gasteiger charge is 2.26. The summed E-state index contributed by atoms with van der Waals surface area (Å²) in [5.74, 6) is -0.547. The molecule has 1 rings (SSSR count). The van der Waals surface area contributed by atoms with Crippen LogP contribution in [0.15, 0.2) is 0 Å². The van der Waals surface area contributed by atoms with Crippen LogP contribution in [0.3, 0.4) is 0 Å². The van der Waals surface area contributed by atoms with Gasteiger partial charge < -0.3 is 15.7 Å². The Morgan fingerprint density at radius 1 is 1.47 bits per heavy atom. The van der Waals surface area contributed by atoms with Gasteiger partial charge in [-0.3, -0.25) is 9.59 Å². The molecule has 1 heterocycles. The number of hydrogen-bond donors (Lipinski definition) is 2. The van der Waals surface area contributed by atoms with Crippen LogP contribution >= 0.6 is 0 Å². The summed E-state index contributed by atoms with van der Waals surface area (Å²) in [7, 11) is 0. The first-order valence-corrected chi connectivity index (χ1v) is 5.33. The molecule has 1 amide bonds. The molecule has 0 aliphatic carbocycles. The summed E-state index contributed by atoms with van der Waals surface area (Å²) in [4.78, 5) is 23.8. The molecule has 5 heteroatoms. The molecule has 0 radical (unpaired) electrons. The van der Waals surface area contributed by atoms with Gasteiger partial charge in [0.2, 0.25) is 5.91 Å². The SMILES string of the molecule is NCCCC(=O)N1CCC(CC(=O)O)C1. The van der Waals surface area contributed by atoms with Gasteiger partial charge in [-0.25, -0.2) is 0 Å². The van der Waals surface area contributed by atoms with Crippen molar-refractivity contribution in [1.82, 2.24) is 4.90 Å². The summed E-state index contributed by atoms with van der Waals surface area (Å²) in [6, 6.07) is 0. The van der Waals surface area contributed by atoms with Gasteiger partial charge in [-0.05, 0) is 25.3 Å². The van der Waals surface area contributed by atoms with Crippen LogP contribution in [0.25, 0.3) is 0 Å². The van der Waals surface area contributed by atoms with Gasteiger partial charge in [0.25, 0.3) is 0 Å². The van der Waals surface area contributed by atoms with E-state index in [9.17, 15) is 9.59 Å². The Balaban J connectivity index is 2.29. The molecule has 0 saturated carbocycles. The Morgan fingerprint density at radius 2 is 2.20 bits per heavy atom. The first kappa shape index (κ1) is 12.0. The monoisotopic (exact) mass is 214 g/mol. The number of nitrogens with zero attached hydrogens (tertiary/aromatic N) is 1. The zero-order chi connectivity index (χ0) is 11.3. The molecular weight excluding hydrogens is 196 g/mol. The lowest BCUT2D eigenvalue weighted by Gasteiger charge is -2.15. The normalized spacial score (nSPS) is 20.6. The van der Waals surface area contributed by atoms with Crippen LogP contribution in [-0.4, -0.2) is 41.5 Å². The molecule has 0 bridgehead atoms. The van der Waals surface area contributed by atoms with Crippen LogP contribution in [0.5, 0.6) is 0 Å². The standard InChI is InChI=1S/C10H18N2O3/c11-4-1-2-9(13)12-5-3-8(7-12)6-10(14)15/h8H,1-7,11H2,(H,14,15). The third kappa shape index (κ3) is 3.87. The number of carboxylic acid groups (broad SMARTS) is 1. The summed E-state index contributed by atoms with van der Waals surface area (Å²) in [5.41, 5.74) is 5.32. The number of rotatable bonds is 5. The van der Waals surface area contributed by atoms with E-state index in [0.29, 0.717) is 32.5 Å². The topological polar surface area (TPSA) is 83.6 Å². The van der Waals surface area contributed by atoms with Crippen molar-refractivity contribution in [1.29, 1.82) is 0 Å². The van der Waals surface area contributed by atoms with Crippen molar-refractivity contribution in [3.63, 3.8) is 0 Å². The van der Waals surface area contributed by atoms with Crippen LogP contribution < -0.4 is 5.73 Å². The number of hydrogen-bond acceptors (Lipinski definition) is 3. The van der Waals surface area contributed by atoms with E-state index in [1.807, 2.05) is 0 Å². The van der Waals surface area contributed by atoms with Gasteiger partial charge in [-0.2, -0.15) is 0 Å². The van der Waals surface area contributed by atoms with E-state index in [2.05, 4.69) is 0 Å². The Hall–Kier alpha value is -1.10. The minimum atomic E-state index is -0.781. The minimum absolute atomic E-state index is 0.105. The molecule has 0 aromatic heterocycles. The second-order valence-corrected chi connectivity index (χ2v) is 3.98. The number of nitrogens with two attached hydrogens (primary N) is 1. The molecule has 1 saturated heterocycles. The van der Waals surface area contributed by atoms with Gasteiger partial charge in [-0.15, -0.1) is 0 Å². The number of carboxylic acids is 1. The summed E-state index contributed by atoms with van der Waals surface area (Å²) in [5, 5.41) is 8.62. The van der Waals surface area contributed by atoms with Crippen molar-refractivity contribution >= 4 is 11.9 Å². The van der Waals surface area contributed by atoms with Crippen LogP contribution in [-0.2, 0) is 9.59 Å². The maximum atomic E-state index is 11.6. The first-order valence-electron chi connectivity index (χ1n) is 5.33. The number of likely N-dealkylation sites (tertiary alicyclic amines) is 1. The lowest BCUT2D eigenvalue weighted by molar-refractivity contribution is -0.138. The second kappa shape index (κ2) is 5.70. The molecule has 86 valence electrons. The fourth-order valence-corrected chi connectivity index (χ4v) is 1.88. The molecule has 5 nitrogen and oxygen atoms in total. The number of aliphatic carboxylic acids is 1. The fourth-order valence-electron chi connectivity index (χ4n) is 1.88. The van der Waals surface area contributed by atoms with Crippen LogP contribution in [0, 0.1) is 5.92 Å². The number of amides is 1. The number of carbonyl (C=O) groups excluding carboxylic acids is 1. The highest BCUT2D eigenvalue weighted by Crippen LogP contribution is 2.20. The van der Waals surface area contributed by atoms with E-state index in [-0.39, 0.29) is 18.2 Å². The van der Waals surface area contributed by atoms with E-state index >= 15 is 0 Å². The van der Waals surface area contributed by atoms with E-state index in [4.69, 9.17) is 10.8 Å². The molecule has 1 fully saturated rings. The Kier molecular flexibility index (Phi) is 4.55. The van der Waals surface area contributed by atoms with Gasteiger partial charge in [0.15, 0.2) is 0 Å². The average molecular weight is 214 g/mol. The maximum Gasteiger partial charge on any atom is 0.303 e. The fraction of sp³-hybridized carbons (Fsp3) is 0.800.